The lowest BCUT2D eigenvalue weighted by Gasteiger charge is -2.22. The summed E-state index contributed by atoms with van der Waals surface area (Å²) in [5.41, 5.74) is 6.62. The molecule has 0 unspecified atom stereocenters. The van der Waals surface area contributed by atoms with Gasteiger partial charge in [0.05, 0.1) is 28.7 Å². The van der Waals surface area contributed by atoms with E-state index in [9.17, 15) is 14.7 Å². The van der Waals surface area contributed by atoms with E-state index in [2.05, 4.69) is 38.7 Å². The summed E-state index contributed by atoms with van der Waals surface area (Å²) in [6, 6.07) is 27.2. The zero-order chi connectivity index (χ0) is 39.9. The smallest absolute Gasteiger partial charge is 0.341 e. The molecule has 2 aromatic carbocycles. The minimum atomic E-state index is -0.984. The first kappa shape index (κ1) is 37.2. The third-order valence-electron chi connectivity index (χ3n) is 11.2. The summed E-state index contributed by atoms with van der Waals surface area (Å²) in [5, 5.41) is 11.4. The van der Waals surface area contributed by atoms with E-state index in [-0.39, 0.29) is 11.5 Å². The van der Waals surface area contributed by atoms with E-state index in [0.29, 0.717) is 23.5 Å². The number of aromatic nitrogens is 6. The van der Waals surface area contributed by atoms with Crippen LogP contribution >= 0.6 is 0 Å². The summed E-state index contributed by atoms with van der Waals surface area (Å²) in [5.74, 6) is 0.534. The van der Waals surface area contributed by atoms with Gasteiger partial charge < -0.3 is 29.4 Å². The quantitative estimate of drug-likeness (QED) is 0.199. The van der Waals surface area contributed by atoms with Gasteiger partial charge in [-0.1, -0.05) is 24.3 Å². The van der Waals surface area contributed by atoms with Crippen molar-refractivity contribution in [1.29, 1.82) is 0 Å². The molecular formula is C44H46N10O4. The molecule has 2 aliphatic heterocycles. The molecule has 296 valence electrons. The second kappa shape index (κ2) is 15.5. The van der Waals surface area contributed by atoms with Crippen LogP contribution in [0.5, 0.6) is 0 Å². The van der Waals surface area contributed by atoms with Gasteiger partial charge >= 0.3 is 11.9 Å². The molecule has 58 heavy (non-hydrogen) atoms. The van der Waals surface area contributed by atoms with Gasteiger partial charge in [-0.25, -0.2) is 29.5 Å². The topological polar surface area (TPSA) is 137 Å². The molecule has 14 heteroatoms. The number of carbonyl (C=O) groups excluding carboxylic acids is 1. The molecule has 0 bridgehead atoms. The number of carboxylic acid groups (broad SMARTS) is 1. The second-order valence-electron chi connectivity index (χ2n) is 15.1. The zero-order valence-corrected chi connectivity index (χ0v) is 33.0. The lowest BCUT2D eigenvalue weighted by molar-refractivity contribution is 0.0527. The maximum absolute atomic E-state index is 12.7. The van der Waals surface area contributed by atoms with Crippen molar-refractivity contribution in [3.05, 3.63) is 96.1 Å². The van der Waals surface area contributed by atoms with E-state index < -0.39 is 5.97 Å². The Hall–Kier alpha value is -6.38. The van der Waals surface area contributed by atoms with Gasteiger partial charge in [-0.2, -0.15) is 0 Å². The first-order valence-electron chi connectivity index (χ1n) is 20.0. The molecule has 14 nitrogen and oxygen atoms in total. The van der Waals surface area contributed by atoms with Crippen molar-refractivity contribution in [2.24, 2.45) is 0 Å². The summed E-state index contributed by atoms with van der Waals surface area (Å²) >= 11 is 0. The molecule has 8 heterocycles. The van der Waals surface area contributed by atoms with E-state index in [1.54, 1.807) is 6.07 Å². The molecular weight excluding hydrogens is 733 g/mol. The van der Waals surface area contributed by atoms with Crippen molar-refractivity contribution in [3.63, 3.8) is 0 Å². The number of rotatable bonds is 5. The van der Waals surface area contributed by atoms with E-state index >= 15 is 0 Å². The molecule has 0 atom stereocenters. The second-order valence-corrected chi connectivity index (χ2v) is 15.1. The predicted octanol–water partition coefficient (Wildman–Crippen LogP) is 6.23. The number of nitrogens with zero attached hydrogens (tertiary/aromatic N) is 10. The Bertz CT molecular complexity index is 2850. The number of carbonyl (C=O) groups is 2. The van der Waals surface area contributed by atoms with Crippen molar-refractivity contribution in [1.82, 2.24) is 38.5 Å². The summed E-state index contributed by atoms with van der Waals surface area (Å²) in [6.45, 7) is 10.2. The van der Waals surface area contributed by atoms with Gasteiger partial charge in [-0.05, 0) is 108 Å². The molecule has 2 fully saturated rings. The van der Waals surface area contributed by atoms with Crippen LogP contribution in [0.1, 0.15) is 40.5 Å². The number of esters is 1. The summed E-state index contributed by atoms with van der Waals surface area (Å²) in [4.78, 5) is 53.1. The maximum Gasteiger partial charge on any atom is 0.341 e. The van der Waals surface area contributed by atoms with Gasteiger partial charge in [-0.15, -0.1) is 0 Å². The number of aromatic carboxylic acids is 1. The minimum absolute atomic E-state index is 0.189. The van der Waals surface area contributed by atoms with Gasteiger partial charge in [0.15, 0.2) is 11.3 Å². The SMILES string of the molecule is CCOC(=O)c1cc2ccc(N3CCCN(C)CC3)nc2n2c1nc1ccccc12.CN1CCCN(c2ccc3cc(C(=O)O)c4nc5ccccc5n4c3n2)CC1. The molecule has 0 spiro atoms. The molecule has 2 saturated heterocycles. The summed E-state index contributed by atoms with van der Waals surface area (Å²) in [6.07, 6.45) is 2.21. The van der Waals surface area contributed by atoms with E-state index in [1.165, 1.54) is 0 Å². The van der Waals surface area contributed by atoms with Crippen LogP contribution in [0.25, 0.3) is 55.4 Å². The van der Waals surface area contributed by atoms with Crippen LogP contribution in [0.2, 0.25) is 0 Å². The average Bonchev–Trinajstić information content (AvgIpc) is 3.65. The summed E-state index contributed by atoms with van der Waals surface area (Å²) < 4.78 is 9.17. The lowest BCUT2D eigenvalue weighted by Crippen LogP contribution is -2.29. The van der Waals surface area contributed by atoms with Crippen LogP contribution in [0, 0.1) is 0 Å². The molecule has 10 rings (SSSR count). The number of imidazole rings is 2. The third-order valence-corrected chi connectivity index (χ3v) is 11.2. The van der Waals surface area contributed by atoms with Gasteiger partial charge in [0.1, 0.15) is 34.1 Å². The van der Waals surface area contributed by atoms with Crippen LogP contribution in [0.15, 0.2) is 84.9 Å². The normalized spacial score (nSPS) is 15.9. The van der Waals surface area contributed by atoms with Crippen molar-refractivity contribution < 1.29 is 19.4 Å². The molecule has 0 radical (unpaired) electrons. The fourth-order valence-electron chi connectivity index (χ4n) is 8.18. The Kier molecular flexibility index (Phi) is 9.96. The van der Waals surface area contributed by atoms with Gasteiger partial charge in [0.25, 0.3) is 0 Å². The highest BCUT2D eigenvalue weighted by atomic mass is 16.5. The van der Waals surface area contributed by atoms with E-state index in [1.807, 2.05) is 94.6 Å². The average molecular weight is 779 g/mol. The van der Waals surface area contributed by atoms with Crippen LogP contribution in [0.3, 0.4) is 0 Å². The number of pyridine rings is 4. The monoisotopic (exact) mass is 778 g/mol. The number of likely N-dealkylation sites (N-methyl/N-ethyl adjacent to an activating group) is 2. The molecule has 0 saturated carbocycles. The van der Waals surface area contributed by atoms with E-state index in [0.717, 1.165) is 121 Å². The lowest BCUT2D eigenvalue weighted by atomic mass is 10.2. The highest BCUT2D eigenvalue weighted by Crippen LogP contribution is 2.30. The van der Waals surface area contributed by atoms with Crippen molar-refractivity contribution in [2.45, 2.75) is 19.8 Å². The minimum Gasteiger partial charge on any atom is -0.478 e. The van der Waals surface area contributed by atoms with E-state index in [4.69, 9.17) is 19.7 Å². The largest absolute Gasteiger partial charge is 0.478 e. The molecule has 0 amide bonds. The Morgan fingerprint density at radius 1 is 0.586 bits per heavy atom. The number of hydrogen-bond donors (Lipinski definition) is 1. The number of benzene rings is 2. The fourth-order valence-corrected chi connectivity index (χ4v) is 8.18. The number of anilines is 2. The van der Waals surface area contributed by atoms with Crippen molar-refractivity contribution in [3.8, 4) is 0 Å². The third kappa shape index (κ3) is 6.87. The first-order chi connectivity index (χ1) is 28.3. The van der Waals surface area contributed by atoms with Crippen LogP contribution in [0.4, 0.5) is 11.6 Å². The zero-order valence-electron chi connectivity index (χ0n) is 33.0. The Morgan fingerprint density at radius 3 is 1.57 bits per heavy atom. The number of hydrogen-bond acceptors (Lipinski definition) is 11. The van der Waals surface area contributed by atoms with Crippen LogP contribution in [-0.4, -0.2) is 129 Å². The Balaban J connectivity index is 0.000000151. The molecule has 0 aliphatic carbocycles. The van der Waals surface area contributed by atoms with Crippen molar-refractivity contribution >= 4 is 79.0 Å². The highest BCUT2D eigenvalue weighted by molar-refractivity contribution is 6.04. The van der Waals surface area contributed by atoms with Gasteiger partial charge in [-0.3, -0.25) is 8.80 Å². The van der Waals surface area contributed by atoms with Gasteiger partial charge in [0.2, 0.25) is 0 Å². The molecule has 8 aromatic rings. The van der Waals surface area contributed by atoms with Gasteiger partial charge in [0, 0.05) is 50.0 Å². The van der Waals surface area contributed by atoms with Crippen molar-refractivity contribution in [2.75, 3.05) is 82.9 Å². The fraction of sp³-hybridized carbons (Fsp3) is 0.318. The number of carboxylic acids is 1. The molecule has 1 N–H and O–H groups in total. The number of para-hydroxylation sites is 4. The van der Waals surface area contributed by atoms with Crippen LogP contribution < -0.4 is 9.80 Å². The Labute approximate surface area is 334 Å². The summed E-state index contributed by atoms with van der Waals surface area (Å²) in [7, 11) is 4.31. The Morgan fingerprint density at radius 2 is 1.07 bits per heavy atom. The first-order valence-corrected chi connectivity index (χ1v) is 20.0. The predicted molar refractivity (Wildman–Crippen MR) is 228 cm³/mol. The number of fused-ring (bicyclic) bond motifs is 10. The molecule has 6 aromatic heterocycles. The molecule has 2 aliphatic rings. The van der Waals surface area contributed by atoms with Crippen LogP contribution in [-0.2, 0) is 4.74 Å². The maximum atomic E-state index is 12.7. The highest BCUT2D eigenvalue weighted by Gasteiger charge is 2.22. The standard InChI is InChI=1S/C23H25N5O2.C21H21N5O2/c1-3-30-23(29)17-15-16-9-10-20(27-12-6-11-26(2)13-14-27)25-21(16)28-19-8-5-4-7-18(19)24-22(17)28;1-24-9-4-10-25(12-11-24)18-8-7-14-13-15(21(27)28)20-22-16-5-2-3-6-17(16)26(20)19(14)23-18/h4-5,7-10,15H,3,6,11-14H2,1-2H3;2-3,5-8,13H,4,9-12H2,1H3,(H,27,28). The number of ether oxygens (including phenoxy) is 1.